The molecule has 17 heavy (non-hydrogen) atoms. The highest BCUT2D eigenvalue weighted by Gasteiger charge is 2.21. The fourth-order valence-corrected chi connectivity index (χ4v) is 2.44. The van der Waals surface area contributed by atoms with Gasteiger partial charge in [0.25, 0.3) is 0 Å². The predicted molar refractivity (Wildman–Crippen MR) is 71.2 cm³/mol. The Bertz CT molecular complexity index is 346. The van der Waals surface area contributed by atoms with E-state index in [1.165, 1.54) is 11.1 Å². The Labute approximate surface area is 104 Å². The van der Waals surface area contributed by atoms with E-state index >= 15 is 0 Å². The Balaban J connectivity index is 2.09. The van der Waals surface area contributed by atoms with Crippen molar-refractivity contribution in [3.8, 4) is 0 Å². The molecule has 0 aromatic heterocycles. The summed E-state index contributed by atoms with van der Waals surface area (Å²) in [5.41, 5.74) is 2.67. The van der Waals surface area contributed by atoms with Gasteiger partial charge < -0.3 is 10.1 Å². The lowest BCUT2D eigenvalue weighted by molar-refractivity contribution is 0.00718. The van der Waals surface area contributed by atoms with E-state index in [0.717, 1.165) is 19.4 Å². The smallest absolute Gasteiger partial charge is 0.0952 e. The van der Waals surface area contributed by atoms with Crippen LogP contribution in [0.3, 0.4) is 0 Å². The molecule has 1 heterocycles. The van der Waals surface area contributed by atoms with Crippen LogP contribution >= 0.6 is 0 Å². The van der Waals surface area contributed by atoms with Crippen molar-refractivity contribution in [3.63, 3.8) is 0 Å². The molecule has 1 fully saturated rings. The molecule has 3 unspecified atom stereocenters. The Morgan fingerprint density at radius 1 is 1.24 bits per heavy atom. The third-order valence-electron chi connectivity index (χ3n) is 3.49. The van der Waals surface area contributed by atoms with Crippen molar-refractivity contribution in [2.75, 3.05) is 6.54 Å². The second-order valence-electron chi connectivity index (χ2n) is 5.08. The maximum atomic E-state index is 6.08. The maximum Gasteiger partial charge on any atom is 0.0952 e. The number of benzene rings is 1. The molecule has 0 aliphatic carbocycles. The summed E-state index contributed by atoms with van der Waals surface area (Å²) < 4.78 is 6.08. The van der Waals surface area contributed by atoms with Crippen LogP contribution in [0.5, 0.6) is 0 Å². The zero-order valence-corrected chi connectivity index (χ0v) is 11.1. The molecule has 1 saturated heterocycles. The first kappa shape index (κ1) is 12.6. The lowest BCUT2D eigenvalue weighted by atomic mass is 10.1. The van der Waals surface area contributed by atoms with Crippen molar-refractivity contribution in [2.24, 2.45) is 0 Å². The number of ether oxygens (including phenoxy) is 1. The molecular formula is C15H23NO. The number of hydrogen-bond acceptors (Lipinski definition) is 2. The largest absolute Gasteiger partial charge is 0.369 e. The molecule has 1 aromatic carbocycles. The maximum absolute atomic E-state index is 6.08. The molecule has 94 valence electrons. The molecule has 2 nitrogen and oxygen atoms in total. The van der Waals surface area contributed by atoms with Gasteiger partial charge in [-0.3, -0.25) is 0 Å². The van der Waals surface area contributed by atoms with Crippen molar-refractivity contribution < 1.29 is 4.74 Å². The average molecular weight is 233 g/mol. The van der Waals surface area contributed by atoms with Gasteiger partial charge in [-0.15, -0.1) is 0 Å². The molecule has 0 bridgehead atoms. The van der Waals surface area contributed by atoms with Crippen molar-refractivity contribution in [3.05, 3.63) is 35.4 Å². The van der Waals surface area contributed by atoms with Gasteiger partial charge >= 0.3 is 0 Å². The van der Waals surface area contributed by atoms with Crippen LogP contribution in [0.4, 0.5) is 0 Å². The van der Waals surface area contributed by atoms with Gasteiger partial charge in [0.1, 0.15) is 0 Å². The number of rotatable bonds is 2. The van der Waals surface area contributed by atoms with Gasteiger partial charge in [-0.05, 0) is 37.8 Å². The van der Waals surface area contributed by atoms with E-state index in [1.807, 2.05) is 0 Å². The molecule has 2 heteroatoms. The second-order valence-corrected chi connectivity index (χ2v) is 5.08. The molecule has 0 spiro atoms. The third-order valence-corrected chi connectivity index (χ3v) is 3.49. The lowest BCUT2D eigenvalue weighted by Gasteiger charge is -2.19. The van der Waals surface area contributed by atoms with E-state index in [2.05, 4.69) is 50.4 Å². The summed E-state index contributed by atoms with van der Waals surface area (Å²) in [6, 6.07) is 9.36. The SMILES string of the molecule is CCc1ccc(C2CNC(C)CC(C)O2)cc1. The minimum Gasteiger partial charge on any atom is -0.369 e. The van der Waals surface area contributed by atoms with E-state index < -0.39 is 0 Å². The summed E-state index contributed by atoms with van der Waals surface area (Å²) in [6.45, 7) is 7.48. The molecule has 3 atom stereocenters. The highest BCUT2D eigenvalue weighted by molar-refractivity contribution is 5.24. The van der Waals surface area contributed by atoms with Crippen LogP contribution in [0.25, 0.3) is 0 Å². The van der Waals surface area contributed by atoms with Gasteiger partial charge in [0.05, 0.1) is 12.2 Å². The fraction of sp³-hybridized carbons (Fsp3) is 0.600. The van der Waals surface area contributed by atoms with E-state index in [-0.39, 0.29) is 6.10 Å². The zero-order valence-electron chi connectivity index (χ0n) is 11.1. The first-order chi connectivity index (χ1) is 8.19. The van der Waals surface area contributed by atoms with Crippen LogP contribution in [0.2, 0.25) is 0 Å². The van der Waals surface area contributed by atoms with Gasteiger partial charge in [-0.25, -0.2) is 0 Å². The van der Waals surface area contributed by atoms with Crippen LogP contribution < -0.4 is 5.32 Å². The molecule has 1 aliphatic heterocycles. The monoisotopic (exact) mass is 233 g/mol. The van der Waals surface area contributed by atoms with Crippen molar-refractivity contribution in [2.45, 2.75) is 51.9 Å². The molecule has 1 aliphatic rings. The van der Waals surface area contributed by atoms with Crippen LogP contribution in [0, 0.1) is 0 Å². The first-order valence-electron chi connectivity index (χ1n) is 6.66. The molecular weight excluding hydrogens is 210 g/mol. The highest BCUT2D eigenvalue weighted by atomic mass is 16.5. The van der Waals surface area contributed by atoms with Crippen molar-refractivity contribution in [1.82, 2.24) is 5.32 Å². The molecule has 0 radical (unpaired) electrons. The highest BCUT2D eigenvalue weighted by Crippen LogP contribution is 2.23. The van der Waals surface area contributed by atoms with Gasteiger partial charge in [0.15, 0.2) is 0 Å². The number of hydrogen-bond donors (Lipinski definition) is 1. The van der Waals surface area contributed by atoms with Gasteiger partial charge in [-0.1, -0.05) is 31.2 Å². The molecule has 2 rings (SSSR count). The number of nitrogens with one attached hydrogen (secondary N) is 1. The summed E-state index contributed by atoms with van der Waals surface area (Å²) >= 11 is 0. The van der Waals surface area contributed by atoms with E-state index in [4.69, 9.17) is 4.74 Å². The van der Waals surface area contributed by atoms with Crippen LogP contribution in [0.1, 0.15) is 44.4 Å². The summed E-state index contributed by atoms with van der Waals surface area (Å²) in [6.07, 6.45) is 2.71. The van der Waals surface area contributed by atoms with Gasteiger partial charge in [0.2, 0.25) is 0 Å². The standard InChI is InChI=1S/C15H23NO/c1-4-13-5-7-14(8-6-13)15-10-16-11(2)9-12(3)17-15/h5-8,11-12,15-16H,4,9-10H2,1-3H3. The van der Waals surface area contributed by atoms with Crippen molar-refractivity contribution >= 4 is 0 Å². The van der Waals surface area contributed by atoms with Gasteiger partial charge in [0, 0.05) is 12.6 Å². The summed E-state index contributed by atoms with van der Waals surface area (Å²) in [7, 11) is 0. The van der Waals surface area contributed by atoms with Crippen LogP contribution in [-0.2, 0) is 11.2 Å². The Morgan fingerprint density at radius 2 is 1.94 bits per heavy atom. The summed E-state index contributed by atoms with van der Waals surface area (Å²) in [5.74, 6) is 0. The second kappa shape index (κ2) is 5.65. The first-order valence-corrected chi connectivity index (χ1v) is 6.66. The molecule has 0 amide bonds. The third kappa shape index (κ3) is 3.30. The summed E-state index contributed by atoms with van der Waals surface area (Å²) in [4.78, 5) is 0. The van der Waals surface area contributed by atoms with E-state index in [0.29, 0.717) is 12.1 Å². The lowest BCUT2D eigenvalue weighted by Crippen LogP contribution is -2.27. The average Bonchev–Trinajstić information content (AvgIpc) is 2.50. The molecule has 0 saturated carbocycles. The van der Waals surface area contributed by atoms with Crippen LogP contribution in [0.15, 0.2) is 24.3 Å². The Hall–Kier alpha value is -0.860. The zero-order chi connectivity index (χ0) is 12.3. The topological polar surface area (TPSA) is 21.3 Å². The minimum absolute atomic E-state index is 0.195. The normalized spacial score (nSPS) is 29.9. The van der Waals surface area contributed by atoms with Crippen molar-refractivity contribution in [1.29, 1.82) is 0 Å². The Morgan fingerprint density at radius 3 is 2.59 bits per heavy atom. The number of aryl methyl sites for hydroxylation is 1. The quantitative estimate of drug-likeness (QED) is 0.847. The fourth-order valence-electron chi connectivity index (χ4n) is 2.44. The van der Waals surface area contributed by atoms with E-state index in [9.17, 15) is 0 Å². The predicted octanol–water partition coefficient (Wildman–Crippen LogP) is 3.08. The van der Waals surface area contributed by atoms with Crippen LogP contribution in [-0.4, -0.2) is 18.7 Å². The molecule has 1 aromatic rings. The Kier molecular flexibility index (Phi) is 4.19. The van der Waals surface area contributed by atoms with Gasteiger partial charge in [-0.2, -0.15) is 0 Å². The van der Waals surface area contributed by atoms with E-state index in [1.54, 1.807) is 0 Å². The molecule has 1 N–H and O–H groups in total. The summed E-state index contributed by atoms with van der Waals surface area (Å²) in [5, 5.41) is 3.53. The minimum atomic E-state index is 0.195.